The Balaban J connectivity index is 0.00000218. The zero-order valence-electron chi connectivity index (χ0n) is 16.2. The number of carbonyl (C=O) groups is 2. The number of aromatic amines is 1. The minimum absolute atomic E-state index is 0. The van der Waals surface area contributed by atoms with Gasteiger partial charge >= 0.3 is 0 Å². The number of halogens is 1. The summed E-state index contributed by atoms with van der Waals surface area (Å²) in [4.78, 5) is 28.7. The summed E-state index contributed by atoms with van der Waals surface area (Å²) in [6, 6.07) is 13.3. The molecule has 1 fully saturated rings. The summed E-state index contributed by atoms with van der Waals surface area (Å²) < 4.78 is 0. The molecule has 0 aliphatic carbocycles. The predicted octanol–water partition coefficient (Wildman–Crippen LogP) is 3.41. The first kappa shape index (κ1) is 20.1. The number of nitrogens with zero attached hydrogens (tertiary/aromatic N) is 1. The zero-order valence-corrected chi connectivity index (χ0v) is 17.0. The van der Waals surface area contributed by atoms with Crippen LogP contribution in [0.15, 0.2) is 47.6 Å². The monoisotopic (exact) mass is 423 g/mol. The lowest BCUT2D eigenvalue weighted by atomic mass is 10.0. The van der Waals surface area contributed by atoms with Gasteiger partial charge in [0.25, 0.3) is 5.91 Å². The van der Waals surface area contributed by atoms with Crippen LogP contribution in [-0.2, 0) is 4.79 Å². The Labute approximate surface area is 179 Å². The van der Waals surface area contributed by atoms with Crippen molar-refractivity contribution in [3.63, 3.8) is 0 Å². The first-order valence-electron chi connectivity index (χ1n) is 9.83. The van der Waals surface area contributed by atoms with Crippen LogP contribution in [0.1, 0.15) is 35.2 Å². The topological polar surface area (TPSA) is 98.4 Å². The molecule has 5 rings (SSSR count). The van der Waals surface area contributed by atoms with Crippen LogP contribution < -0.4 is 16.1 Å². The first-order valence-corrected chi connectivity index (χ1v) is 9.83. The van der Waals surface area contributed by atoms with Gasteiger partial charge in [0, 0.05) is 22.2 Å². The molecule has 8 heteroatoms. The fraction of sp³-hybridized carbons (Fsp3) is 0.227. The maximum absolute atomic E-state index is 12.7. The van der Waals surface area contributed by atoms with Gasteiger partial charge in [-0.1, -0.05) is 36.8 Å². The molecule has 2 amide bonds. The van der Waals surface area contributed by atoms with Gasteiger partial charge in [-0.05, 0) is 37.1 Å². The highest BCUT2D eigenvalue weighted by Gasteiger charge is 2.24. The molecular weight excluding hydrogens is 402 g/mol. The van der Waals surface area contributed by atoms with Crippen molar-refractivity contribution in [1.29, 1.82) is 0 Å². The predicted molar refractivity (Wildman–Crippen MR) is 120 cm³/mol. The molecule has 3 aromatic rings. The normalized spacial score (nSPS) is 17.7. The number of hydrogen-bond acceptors (Lipinski definition) is 4. The van der Waals surface area contributed by atoms with E-state index in [4.69, 9.17) is 0 Å². The molecule has 154 valence electrons. The van der Waals surface area contributed by atoms with Gasteiger partial charge in [-0.3, -0.25) is 9.59 Å². The molecular formula is C22H22ClN5O2. The van der Waals surface area contributed by atoms with E-state index in [2.05, 4.69) is 26.1 Å². The number of nitrogens with one attached hydrogen (secondary N) is 4. The highest BCUT2D eigenvalue weighted by molar-refractivity contribution is 6.18. The van der Waals surface area contributed by atoms with Crippen LogP contribution in [0.25, 0.3) is 22.2 Å². The lowest BCUT2D eigenvalue weighted by Gasteiger charge is -2.22. The second kappa shape index (κ2) is 8.30. The van der Waals surface area contributed by atoms with Crippen molar-refractivity contribution in [2.45, 2.75) is 25.3 Å². The maximum Gasteiger partial charge on any atom is 0.272 e. The van der Waals surface area contributed by atoms with Gasteiger partial charge in [-0.25, -0.2) is 5.43 Å². The van der Waals surface area contributed by atoms with E-state index in [9.17, 15) is 9.59 Å². The fourth-order valence-electron chi connectivity index (χ4n) is 4.09. The van der Waals surface area contributed by atoms with Crippen molar-refractivity contribution in [2.24, 2.45) is 5.10 Å². The van der Waals surface area contributed by atoms with Crippen molar-refractivity contribution in [1.82, 2.24) is 15.7 Å². The van der Waals surface area contributed by atoms with Crippen LogP contribution >= 0.6 is 12.4 Å². The summed E-state index contributed by atoms with van der Waals surface area (Å²) in [5.41, 5.74) is 7.16. The highest BCUT2D eigenvalue weighted by atomic mass is 35.5. The second-order valence-corrected chi connectivity index (χ2v) is 7.42. The van der Waals surface area contributed by atoms with Crippen LogP contribution in [0.5, 0.6) is 0 Å². The molecule has 0 radical (unpaired) electrons. The van der Waals surface area contributed by atoms with Gasteiger partial charge in [0.2, 0.25) is 5.91 Å². The third kappa shape index (κ3) is 3.58. The Morgan fingerprint density at radius 2 is 1.97 bits per heavy atom. The summed E-state index contributed by atoms with van der Waals surface area (Å²) in [5.74, 6) is -0.368. The van der Waals surface area contributed by atoms with Crippen molar-refractivity contribution >= 4 is 47.0 Å². The van der Waals surface area contributed by atoms with Gasteiger partial charge in [-0.15, -0.1) is 12.4 Å². The average molecular weight is 424 g/mol. The van der Waals surface area contributed by atoms with E-state index in [1.165, 1.54) is 0 Å². The zero-order chi connectivity index (χ0) is 19.8. The van der Waals surface area contributed by atoms with E-state index < -0.39 is 0 Å². The quantitative estimate of drug-likeness (QED) is 0.519. The third-order valence-electron chi connectivity index (χ3n) is 5.50. The average Bonchev–Trinajstić information content (AvgIpc) is 3.03. The van der Waals surface area contributed by atoms with Crippen LogP contribution in [-0.4, -0.2) is 35.6 Å². The first-order chi connectivity index (χ1) is 14.2. The Bertz CT molecular complexity index is 1130. The van der Waals surface area contributed by atoms with E-state index in [0.29, 0.717) is 11.3 Å². The molecule has 1 saturated heterocycles. The molecule has 1 aromatic heterocycles. The number of rotatable bonds is 3. The molecule has 0 saturated carbocycles. The van der Waals surface area contributed by atoms with Crippen LogP contribution in [0, 0.1) is 0 Å². The Morgan fingerprint density at radius 1 is 1.13 bits per heavy atom. The SMILES string of the molecule is Cl.O=C1NN=Cc2c(-c3ccccc3)[nH]c3cc(NC(=O)[C@H]4CCCCN4)cc1c23. The molecule has 1 atom stereocenters. The van der Waals surface area contributed by atoms with Gasteiger partial charge in [0.05, 0.1) is 23.5 Å². The molecule has 7 nitrogen and oxygen atoms in total. The van der Waals surface area contributed by atoms with Crippen LogP contribution in [0.3, 0.4) is 0 Å². The van der Waals surface area contributed by atoms with Crippen molar-refractivity contribution in [3.05, 3.63) is 53.6 Å². The molecule has 2 aliphatic heterocycles. The molecule has 3 heterocycles. The Hall–Kier alpha value is -3.16. The lowest BCUT2D eigenvalue weighted by Crippen LogP contribution is -2.43. The van der Waals surface area contributed by atoms with Gasteiger partial charge in [-0.2, -0.15) is 5.10 Å². The van der Waals surface area contributed by atoms with E-state index in [0.717, 1.165) is 53.5 Å². The van der Waals surface area contributed by atoms with E-state index in [1.807, 2.05) is 36.4 Å². The van der Waals surface area contributed by atoms with Gasteiger partial charge in [0.1, 0.15) is 0 Å². The summed E-state index contributed by atoms with van der Waals surface area (Å²) >= 11 is 0. The molecule has 2 aromatic carbocycles. The Morgan fingerprint density at radius 3 is 2.73 bits per heavy atom. The van der Waals surface area contributed by atoms with Gasteiger partial charge in [0.15, 0.2) is 0 Å². The number of carbonyl (C=O) groups excluding carboxylic acids is 2. The minimum Gasteiger partial charge on any atom is -0.354 e. The number of amides is 2. The van der Waals surface area contributed by atoms with Crippen molar-refractivity contribution < 1.29 is 9.59 Å². The number of benzene rings is 2. The largest absolute Gasteiger partial charge is 0.354 e. The molecule has 0 bridgehead atoms. The minimum atomic E-state index is -0.296. The number of aromatic nitrogens is 1. The van der Waals surface area contributed by atoms with E-state index in [1.54, 1.807) is 12.3 Å². The number of hydrazone groups is 1. The number of hydrogen-bond donors (Lipinski definition) is 4. The summed E-state index contributed by atoms with van der Waals surface area (Å²) in [7, 11) is 0. The van der Waals surface area contributed by atoms with Crippen LogP contribution in [0.2, 0.25) is 0 Å². The summed E-state index contributed by atoms with van der Waals surface area (Å²) in [6.07, 6.45) is 4.61. The van der Waals surface area contributed by atoms with E-state index in [-0.39, 0.29) is 30.3 Å². The Kier molecular flexibility index (Phi) is 5.57. The van der Waals surface area contributed by atoms with Crippen LogP contribution in [0.4, 0.5) is 5.69 Å². The van der Waals surface area contributed by atoms with Gasteiger partial charge < -0.3 is 15.6 Å². The maximum atomic E-state index is 12.7. The highest BCUT2D eigenvalue weighted by Crippen LogP contribution is 2.34. The van der Waals surface area contributed by atoms with Crippen molar-refractivity contribution in [3.8, 4) is 11.3 Å². The number of piperidine rings is 1. The molecule has 0 spiro atoms. The lowest BCUT2D eigenvalue weighted by molar-refractivity contribution is -0.118. The molecule has 0 unspecified atom stereocenters. The number of H-pyrrole nitrogens is 1. The molecule has 30 heavy (non-hydrogen) atoms. The van der Waals surface area contributed by atoms with E-state index >= 15 is 0 Å². The third-order valence-corrected chi connectivity index (χ3v) is 5.50. The standard InChI is InChI=1S/C22H21N5O2.ClH/c28-21-15-10-14(25-22(29)17-8-4-5-9-23-17)11-18-19(15)16(12-24-27-21)20(26-18)13-6-2-1-3-7-13;/h1-3,6-7,10-12,17,23,26H,4-5,8-9H2,(H,25,29)(H,27,28);1H/t17-;/m1./s1. The van der Waals surface area contributed by atoms with Crippen molar-refractivity contribution in [2.75, 3.05) is 11.9 Å². The molecule has 2 aliphatic rings. The fourth-order valence-corrected chi connectivity index (χ4v) is 4.09. The summed E-state index contributed by atoms with van der Waals surface area (Å²) in [6.45, 7) is 0.850. The smallest absolute Gasteiger partial charge is 0.272 e. The number of anilines is 1. The molecule has 4 N–H and O–H groups in total. The second-order valence-electron chi connectivity index (χ2n) is 7.42. The summed E-state index contributed by atoms with van der Waals surface area (Å²) in [5, 5.41) is 11.1.